The Labute approximate surface area is 371 Å². The van der Waals surface area contributed by atoms with Gasteiger partial charge in [0.25, 0.3) is 0 Å². The molecule has 0 amide bonds. The molecular weight excluding hydrogens is 838 g/mol. The van der Waals surface area contributed by atoms with Gasteiger partial charge in [0, 0.05) is 12.8 Å². The molecule has 16 heteroatoms. The van der Waals surface area contributed by atoms with Gasteiger partial charge in [-0.1, -0.05) is 150 Å². The van der Waals surface area contributed by atoms with Crippen LogP contribution in [0.15, 0.2) is 85.1 Å². The highest BCUT2D eigenvalue weighted by atomic mass is 31.2. The lowest BCUT2D eigenvalue weighted by molar-refractivity contribution is -0.161. The smallest absolute Gasteiger partial charge is 0.462 e. The number of aliphatic hydroxyl groups is 2. The molecule has 0 rings (SSSR count). The van der Waals surface area contributed by atoms with Crippen LogP contribution in [0.25, 0.3) is 0 Å². The minimum absolute atomic E-state index is 0.0487. The Balaban J connectivity index is 4.67. The number of carbonyl (C=O) groups is 2. The molecule has 0 aromatic carbocycles. The Morgan fingerprint density at radius 1 is 0.548 bits per heavy atom. The normalized spacial score (nSPS) is 15.3. The van der Waals surface area contributed by atoms with E-state index < -0.39 is 72.3 Å². The molecule has 0 aliphatic carbocycles. The molecule has 0 aromatic heterocycles. The summed E-state index contributed by atoms with van der Waals surface area (Å²) < 4.78 is 47.7. The zero-order valence-corrected chi connectivity index (χ0v) is 39.1. The van der Waals surface area contributed by atoms with Crippen LogP contribution in [0.3, 0.4) is 0 Å². The summed E-state index contributed by atoms with van der Waals surface area (Å²) in [7, 11) is -9.72. The molecule has 4 atom stereocenters. The second-order valence-electron chi connectivity index (χ2n) is 14.8. The summed E-state index contributed by atoms with van der Waals surface area (Å²) in [6.07, 6.45) is 43.4. The third-order valence-electron chi connectivity index (χ3n) is 8.85. The Hall–Kier alpha value is -2.74. The molecule has 0 bridgehead atoms. The lowest BCUT2D eigenvalue weighted by atomic mass is 10.1. The Morgan fingerprint density at radius 2 is 1.10 bits per heavy atom. The number of unbranched alkanes of at least 4 members (excludes halogenated alkanes) is 11. The molecule has 0 saturated carbocycles. The summed E-state index contributed by atoms with van der Waals surface area (Å²) in [5.74, 6) is -1.17. The van der Waals surface area contributed by atoms with Gasteiger partial charge in [-0.3, -0.25) is 23.2 Å². The van der Waals surface area contributed by atoms with E-state index in [1.165, 1.54) is 38.5 Å². The summed E-state index contributed by atoms with van der Waals surface area (Å²) in [6, 6.07) is 0. The fourth-order valence-corrected chi connectivity index (χ4v) is 6.61. The number of allylic oxidation sites excluding steroid dienone is 12. The molecule has 0 aliphatic heterocycles. The van der Waals surface area contributed by atoms with E-state index in [0.29, 0.717) is 25.7 Å². The SMILES string of the molecule is CC/C=C\CC(O)/C=C/C=C/C/C=C\C/C=C\C/C=C\CCC(=O)OC[C@H](COP(=O)(O)OC[C@@H](O)COP(=O)(O)O)OC(=O)CCCCCCC/C=C\CCCCCCCC. The first-order chi connectivity index (χ1) is 29.8. The molecule has 0 radical (unpaired) electrons. The van der Waals surface area contributed by atoms with Gasteiger partial charge in [0.2, 0.25) is 0 Å². The van der Waals surface area contributed by atoms with Crippen LogP contribution in [0.1, 0.15) is 149 Å². The number of esters is 2. The number of phosphoric acid groups is 2. The van der Waals surface area contributed by atoms with E-state index in [-0.39, 0.29) is 12.8 Å². The van der Waals surface area contributed by atoms with Crippen molar-refractivity contribution in [3.63, 3.8) is 0 Å². The lowest BCUT2D eigenvalue weighted by Gasteiger charge is -2.20. The minimum atomic E-state index is -4.88. The zero-order valence-electron chi connectivity index (χ0n) is 37.3. The van der Waals surface area contributed by atoms with Crippen molar-refractivity contribution in [3.8, 4) is 0 Å². The molecule has 356 valence electrons. The summed E-state index contributed by atoms with van der Waals surface area (Å²) in [5, 5.41) is 19.6. The summed E-state index contributed by atoms with van der Waals surface area (Å²) in [6.45, 7) is 1.43. The first-order valence-electron chi connectivity index (χ1n) is 22.4. The fraction of sp³-hybridized carbons (Fsp3) is 0.652. The van der Waals surface area contributed by atoms with Crippen LogP contribution >= 0.6 is 15.6 Å². The summed E-state index contributed by atoms with van der Waals surface area (Å²) in [5.41, 5.74) is 0. The molecule has 0 aliphatic rings. The van der Waals surface area contributed by atoms with Gasteiger partial charge in [0.15, 0.2) is 6.10 Å². The molecule has 5 N–H and O–H groups in total. The van der Waals surface area contributed by atoms with Crippen LogP contribution in [0, 0.1) is 0 Å². The van der Waals surface area contributed by atoms with Gasteiger partial charge in [-0.2, -0.15) is 0 Å². The van der Waals surface area contributed by atoms with E-state index in [2.05, 4.69) is 47.2 Å². The molecule has 0 heterocycles. The predicted molar refractivity (Wildman–Crippen MR) is 245 cm³/mol. The summed E-state index contributed by atoms with van der Waals surface area (Å²) >= 11 is 0. The molecule has 0 aromatic rings. The van der Waals surface area contributed by atoms with Crippen molar-refractivity contribution in [1.82, 2.24) is 0 Å². The zero-order chi connectivity index (χ0) is 46.0. The second-order valence-corrected chi connectivity index (χ2v) is 17.5. The van der Waals surface area contributed by atoms with E-state index in [0.717, 1.165) is 57.8 Å². The predicted octanol–water partition coefficient (Wildman–Crippen LogP) is 10.5. The first kappa shape index (κ1) is 59.3. The number of hydrogen-bond acceptors (Lipinski definition) is 11. The van der Waals surface area contributed by atoms with Gasteiger partial charge in [-0.15, -0.1) is 0 Å². The maximum atomic E-state index is 12.7. The molecule has 14 nitrogen and oxygen atoms in total. The van der Waals surface area contributed by atoms with E-state index in [1.54, 1.807) is 6.08 Å². The average Bonchev–Trinajstić information content (AvgIpc) is 3.23. The highest BCUT2D eigenvalue weighted by Gasteiger charge is 2.28. The molecule has 0 saturated heterocycles. The fourth-order valence-electron chi connectivity index (χ4n) is 5.45. The van der Waals surface area contributed by atoms with Crippen molar-refractivity contribution in [2.45, 2.75) is 167 Å². The molecular formula is C46H78O14P2. The van der Waals surface area contributed by atoms with Crippen LogP contribution in [-0.4, -0.2) is 81.6 Å². The third kappa shape index (κ3) is 43.9. The van der Waals surface area contributed by atoms with E-state index >= 15 is 0 Å². The second kappa shape index (κ2) is 41.0. The van der Waals surface area contributed by atoms with Crippen LogP contribution in [-0.2, 0) is 41.8 Å². The number of ether oxygens (including phenoxy) is 2. The maximum Gasteiger partial charge on any atom is 0.472 e. The number of hydrogen-bond donors (Lipinski definition) is 5. The van der Waals surface area contributed by atoms with Crippen LogP contribution in [0.2, 0.25) is 0 Å². The Kier molecular flexibility index (Phi) is 39.2. The van der Waals surface area contributed by atoms with E-state index in [1.807, 2.05) is 54.7 Å². The quantitative estimate of drug-likeness (QED) is 0.0127. The van der Waals surface area contributed by atoms with Gasteiger partial charge in [-0.05, 0) is 70.6 Å². The Bertz CT molecular complexity index is 1430. The van der Waals surface area contributed by atoms with Crippen LogP contribution in [0.4, 0.5) is 0 Å². The van der Waals surface area contributed by atoms with Crippen LogP contribution < -0.4 is 0 Å². The molecule has 2 unspecified atom stereocenters. The van der Waals surface area contributed by atoms with Crippen molar-refractivity contribution in [2.75, 3.05) is 26.4 Å². The monoisotopic (exact) mass is 916 g/mol. The van der Waals surface area contributed by atoms with Crippen molar-refractivity contribution in [3.05, 3.63) is 85.1 Å². The number of phosphoric ester groups is 2. The van der Waals surface area contributed by atoms with Crippen molar-refractivity contribution >= 4 is 27.6 Å². The van der Waals surface area contributed by atoms with Gasteiger partial charge in [-0.25, -0.2) is 9.13 Å². The summed E-state index contributed by atoms with van der Waals surface area (Å²) in [4.78, 5) is 52.7. The maximum absolute atomic E-state index is 12.7. The topological polar surface area (TPSA) is 216 Å². The number of aliphatic hydroxyl groups excluding tert-OH is 2. The lowest BCUT2D eigenvalue weighted by Crippen LogP contribution is -2.29. The van der Waals surface area contributed by atoms with Crippen LogP contribution in [0.5, 0.6) is 0 Å². The van der Waals surface area contributed by atoms with Crippen molar-refractivity contribution in [2.24, 2.45) is 0 Å². The standard InChI is InChI=1S/C46H78O14P2/c1-3-5-7-8-9-10-11-12-13-16-20-23-26-29-33-37-46(50)60-44(41-59-62(54,55)58-39-43(48)38-57-61(51,52)53)40-56-45(49)36-32-28-25-22-19-17-14-15-18-21-24-27-31-35-42(47)34-30-6-4-2/h6,12-13,15,17-19,24-25,27-28,30-31,35,42-44,47-48H,3-5,7-11,14,16,20-23,26,29,32-34,36-41H2,1-2H3,(H,54,55)(H2,51,52,53)/b13-12-,18-15-,19-17-,27-24+,28-25-,30-6-,35-31+/t42?,43-,44+/m0/s1. The minimum Gasteiger partial charge on any atom is -0.462 e. The third-order valence-corrected chi connectivity index (χ3v) is 10.3. The molecule has 62 heavy (non-hydrogen) atoms. The van der Waals surface area contributed by atoms with Crippen molar-refractivity contribution in [1.29, 1.82) is 0 Å². The average molecular weight is 917 g/mol. The van der Waals surface area contributed by atoms with E-state index in [9.17, 15) is 33.8 Å². The van der Waals surface area contributed by atoms with Gasteiger partial charge in [0.05, 0.1) is 25.9 Å². The largest absolute Gasteiger partial charge is 0.472 e. The van der Waals surface area contributed by atoms with Crippen molar-refractivity contribution < 1.29 is 66.7 Å². The Morgan fingerprint density at radius 3 is 1.73 bits per heavy atom. The van der Waals surface area contributed by atoms with Gasteiger partial charge >= 0.3 is 27.6 Å². The van der Waals surface area contributed by atoms with Gasteiger partial charge in [0.1, 0.15) is 12.7 Å². The molecule has 0 fully saturated rings. The van der Waals surface area contributed by atoms with Gasteiger partial charge < -0.3 is 34.4 Å². The number of rotatable bonds is 41. The number of carbonyl (C=O) groups excluding carboxylic acids is 2. The highest BCUT2D eigenvalue weighted by molar-refractivity contribution is 7.47. The highest BCUT2D eigenvalue weighted by Crippen LogP contribution is 2.43. The first-order valence-corrected chi connectivity index (χ1v) is 25.4. The molecule has 0 spiro atoms. The van der Waals surface area contributed by atoms with E-state index in [4.69, 9.17) is 23.8 Å².